The molecule has 1 aliphatic heterocycles. The summed E-state index contributed by atoms with van der Waals surface area (Å²) in [6, 6.07) is 7.50. The highest BCUT2D eigenvalue weighted by molar-refractivity contribution is 5.79. The summed E-state index contributed by atoms with van der Waals surface area (Å²) >= 11 is 0. The summed E-state index contributed by atoms with van der Waals surface area (Å²) in [5.41, 5.74) is 1.74. The SMILES string of the molecule is O=C(Cc1ccc(Nc2ncc(F)cn2)cc1)N1CCNCC1. The van der Waals surface area contributed by atoms with E-state index in [2.05, 4.69) is 20.6 Å². The van der Waals surface area contributed by atoms with Gasteiger partial charge in [-0.2, -0.15) is 0 Å². The number of carbonyl (C=O) groups is 1. The van der Waals surface area contributed by atoms with Gasteiger partial charge in [-0.25, -0.2) is 14.4 Å². The number of carbonyl (C=O) groups excluding carboxylic acids is 1. The molecule has 1 amide bonds. The van der Waals surface area contributed by atoms with Gasteiger partial charge < -0.3 is 15.5 Å². The number of benzene rings is 1. The molecule has 0 unspecified atom stereocenters. The Kier molecular flexibility index (Phi) is 4.77. The number of hydrogen-bond acceptors (Lipinski definition) is 5. The molecule has 2 heterocycles. The minimum Gasteiger partial charge on any atom is -0.340 e. The third-order valence-electron chi connectivity index (χ3n) is 3.66. The molecule has 1 aliphatic rings. The third-order valence-corrected chi connectivity index (χ3v) is 3.66. The van der Waals surface area contributed by atoms with Crippen LogP contribution in [-0.2, 0) is 11.2 Å². The molecular formula is C16H18FN5O. The Morgan fingerprint density at radius 2 is 1.83 bits per heavy atom. The Balaban J connectivity index is 1.58. The standard InChI is InChI=1S/C16H18FN5O/c17-13-10-19-16(20-11-13)21-14-3-1-12(2-4-14)9-15(23)22-7-5-18-6-8-22/h1-4,10-11,18H,5-9H2,(H,19,20,21). The summed E-state index contributed by atoms with van der Waals surface area (Å²) in [7, 11) is 0. The highest BCUT2D eigenvalue weighted by Crippen LogP contribution is 2.14. The highest BCUT2D eigenvalue weighted by atomic mass is 19.1. The zero-order chi connectivity index (χ0) is 16.1. The number of amides is 1. The molecule has 0 saturated carbocycles. The van der Waals surface area contributed by atoms with Crippen LogP contribution in [0.3, 0.4) is 0 Å². The van der Waals surface area contributed by atoms with E-state index in [4.69, 9.17) is 0 Å². The first-order valence-corrected chi connectivity index (χ1v) is 7.53. The molecule has 1 fully saturated rings. The minimum absolute atomic E-state index is 0.147. The van der Waals surface area contributed by atoms with Crippen molar-refractivity contribution in [3.8, 4) is 0 Å². The van der Waals surface area contributed by atoms with E-state index in [1.807, 2.05) is 29.2 Å². The Hall–Kier alpha value is -2.54. The fourth-order valence-corrected chi connectivity index (χ4v) is 2.41. The maximum absolute atomic E-state index is 12.8. The van der Waals surface area contributed by atoms with Gasteiger partial charge in [0, 0.05) is 31.9 Å². The topological polar surface area (TPSA) is 70.2 Å². The Labute approximate surface area is 133 Å². The van der Waals surface area contributed by atoms with E-state index >= 15 is 0 Å². The second kappa shape index (κ2) is 7.15. The molecule has 120 valence electrons. The lowest BCUT2D eigenvalue weighted by atomic mass is 10.1. The van der Waals surface area contributed by atoms with Crippen molar-refractivity contribution in [1.29, 1.82) is 0 Å². The Morgan fingerprint density at radius 3 is 2.48 bits per heavy atom. The van der Waals surface area contributed by atoms with Crippen molar-refractivity contribution in [2.45, 2.75) is 6.42 Å². The monoisotopic (exact) mass is 315 g/mol. The van der Waals surface area contributed by atoms with E-state index in [-0.39, 0.29) is 5.91 Å². The summed E-state index contributed by atoms with van der Waals surface area (Å²) in [6.45, 7) is 3.24. The number of anilines is 2. The summed E-state index contributed by atoms with van der Waals surface area (Å²) < 4.78 is 12.8. The molecule has 0 bridgehead atoms. The largest absolute Gasteiger partial charge is 0.340 e. The predicted octanol–water partition coefficient (Wildman–Crippen LogP) is 1.33. The summed E-state index contributed by atoms with van der Waals surface area (Å²) in [6.07, 6.45) is 2.61. The van der Waals surface area contributed by atoms with Gasteiger partial charge in [-0.15, -0.1) is 0 Å². The summed E-state index contributed by atoms with van der Waals surface area (Å²) in [4.78, 5) is 21.8. The zero-order valence-electron chi connectivity index (χ0n) is 12.6. The number of halogens is 1. The predicted molar refractivity (Wildman–Crippen MR) is 84.9 cm³/mol. The first-order chi connectivity index (χ1) is 11.2. The van der Waals surface area contributed by atoms with Crippen LogP contribution in [0.25, 0.3) is 0 Å². The van der Waals surface area contributed by atoms with Crippen LogP contribution < -0.4 is 10.6 Å². The molecule has 1 aromatic heterocycles. The normalized spacial score (nSPS) is 14.6. The van der Waals surface area contributed by atoms with Crippen molar-refractivity contribution in [3.63, 3.8) is 0 Å². The van der Waals surface area contributed by atoms with Gasteiger partial charge in [-0.3, -0.25) is 4.79 Å². The van der Waals surface area contributed by atoms with Gasteiger partial charge in [0.1, 0.15) is 0 Å². The molecule has 0 aliphatic carbocycles. The van der Waals surface area contributed by atoms with E-state index in [0.29, 0.717) is 12.4 Å². The number of nitrogens with zero attached hydrogens (tertiary/aromatic N) is 3. The van der Waals surface area contributed by atoms with Gasteiger partial charge in [0.05, 0.1) is 18.8 Å². The van der Waals surface area contributed by atoms with Crippen LogP contribution in [0.5, 0.6) is 0 Å². The molecule has 6 nitrogen and oxygen atoms in total. The smallest absolute Gasteiger partial charge is 0.227 e. The van der Waals surface area contributed by atoms with Gasteiger partial charge in [0.25, 0.3) is 0 Å². The van der Waals surface area contributed by atoms with Crippen LogP contribution in [0.2, 0.25) is 0 Å². The van der Waals surface area contributed by atoms with E-state index in [1.54, 1.807) is 0 Å². The highest BCUT2D eigenvalue weighted by Gasteiger charge is 2.16. The van der Waals surface area contributed by atoms with Crippen LogP contribution in [0, 0.1) is 5.82 Å². The maximum atomic E-state index is 12.8. The molecule has 3 rings (SSSR count). The fourth-order valence-electron chi connectivity index (χ4n) is 2.41. The van der Waals surface area contributed by atoms with Crippen molar-refractivity contribution in [2.75, 3.05) is 31.5 Å². The van der Waals surface area contributed by atoms with E-state index in [1.165, 1.54) is 0 Å². The fraction of sp³-hybridized carbons (Fsp3) is 0.312. The lowest BCUT2D eigenvalue weighted by Gasteiger charge is -2.27. The Bertz CT molecular complexity index is 653. The molecule has 0 spiro atoms. The number of rotatable bonds is 4. The number of piperazine rings is 1. The van der Waals surface area contributed by atoms with Crippen molar-refractivity contribution in [2.24, 2.45) is 0 Å². The molecule has 0 radical (unpaired) electrons. The van der Waals surface area contributed by atoms with E-state index in [9.17, 15) is 9.18 Å². The second-order valence-corrected chi connectivity index (χ2v) is 5.35. The maximum Gasteiger partial charge on any atom is 0.227 e. The lowest BCUT2D eigenvalue weighted by Crippen LogP contribution is -2.46. The van der Waals surface area contributed by atoms with Crippen molar-refractivity contribution in [1.82, 2.24) is 20.2 Å². The van der Waals surface area contributed by atoms with Crippen molar-refractivity contribution < 1.29 is 9.18 Å². The molecule has 1 aromatic carbocycles. The van der Waals surface area contributed by atoms with Crippen molar-refractivity contribution >= 4 is 17.5 Å². The van der Waals surface area contributed by atoms with Gasteiger partial charge in [0.2, 0.25) is 11.9 Å². The van der Waals surface area contributed by atoms with Crippen LogP contribution in [-0.4, -0.2) is 47.0 Å². The third kappa shape index (κ3) is 4.23. The van der Waals surface area contributed by atoms with Crippen LogP contribution in [0.15, 0.2) is 36.7 Å². The van der Waals surface area contributed by atoms with E-state index < -0.39 is 5.82 Å². The van der Waals surface area contributed by atoms with Crippen LogP contribution in [0.4, 0.5) is 16.0 Å². The number of hydrogen-bond donors (Lipinski definition) is 2. The molecule has 23 heavy (non-hydrogen) atoms. The quantitative estimate of drug-likeness (QED) is 0.891. The average molecular weight is 315 g/mol. The molecule has 7 heteroatoms. The zero-order valence-corrected chi connectivity index (χ0v) is 12.6. The Morgan fingerprint density at radius 1 is 1.17 bits per heavy atom. The van der Waals surface area contributed by atoms with E-state index in [0.717, 1.165) is 49.8 Å². The van der Waals surface area contributed by atoms with Crippen LogP contribution in [0.1, 0.15) is 5.56 Å². The number of nitrogens with one attached hydrogen (secondary N) is 2. The molecule has 2 aromatic rings. The summed E-state index contributed by atoms with van der Waals surface area (Å²) in [5.74, 6) is 0.00226. The number of aromatic nitrogens is 2. The first-order valence-electron chi connectivity index (χ1n) is 7.53. The first kappa shape index (κ1) is 15.4. The second-order valence-electron chi connectivity index (χ2n) is 5.35. The molecule has 1 saturated heterocycles. The summed E-state index contributed by atoms with van der Waals surface area (Å²) in [5, 5.41) is 6.21. The van der Waals surface area contributed by atoms with Crippen molar-refractivity contribution in [3.05, 3.63) is 48.0 Å². The van der Waals surface area contributed by atoms with Crippen LogP contribution >= 0.6 is 0 Å². The van der Waals surface area contributed by atoms with Gasteiger partial charge in [-0.1, -0.05) is 12.1 Å². The molecular weight excluding hydrogens is 297 g/mol. The lowest BCUT2D eigenvalue weighted by molar-refractivity contribution is -0.131. The van der Waals surface area contributed by atoms with Gasteiger partial charge >= 0.3 is 0 Å². The van der Waals surface area contributed by atoms with Gasteiger partial charge in [-0.05, 0) is 17.7 Å². The average Bonchev–Trinajstić information content (AvgIpc) is 2.59. The molecule has 2 N–H and O–H groups in total. The van der Waals surface area contributed by atoms with Gasteiger partial charge in [0.15, 0.2) is 5.82 Å². The minimum atomic E-state index is -0.475. The molecule has 0 atom stereocenters.